The van der Waals surface area contributed by atoms with Crippen molar-refractivity contribution in [2.24, 2.45) is 16.4 Å². The van der Waals surface area contributed by atoms with E-state index in [0.717, 1.165) is 0 Å². The third-order valence-electron chi connectivity index (χ3n) is 2.88. The molecule has 0 heterocycles. The van der Waals surface area contributed by atoms with Gasteiger partial charge in [0.25, 0.3) is 0 Å². The van der Waals surface area contributed by atoms with E-state index in [2.05, 4.69) is 10.0 Å². The van der Waals surface area contributed by atoms with Crippen LogP contribution >= 0.6 is 11.8 Å². The molecule has 1 amide bonds. The first-order chi connectivity index (χ1) is 9.11. The monoisotopic (exact) mass is 301 g/mol. The third-order valence-corrected chi connectivity index (χ3v) is 4.34. The van der Waals surface area contributed by atoms with Gasteiger partial charge in [0.1, 0.15) is 5.41 Å². The molecule has 7 heteroatoms. The molecule has 0 rings (SSSR count). The largest absolute Gasteiger partial charge is 0.465 e. The van der Waals surface area contributed by atoms with Crippen molar-refractivity contribution in [2.75, 3.05) is 12.4 Å². The summed E-state index contributed by atoms with van der Waals surface area (Å²) in [7, 11) is 0. The van der Waals surface area contributed by atoms with Crippen molar-refractivity contribution >= 4 is 23.6 Å². The van der Waals surface area contributed by atoms with Gasteiger partial charge in [0, 0.05) is 15.4 Å². The van der Waals surface area contributed by atoms with E-state index in [1.165, 1.54) is 11.8 Å². The number of hydrogen-bond donors (Lipinski definition) is 0. The number of carbonyl (C=O) groups excluding carboxylic acids is 2. The number of ether oxygens (including phenoxy) is 1. The number of hydrogen-bond acceptors (Lipinski definition) is 4. The molecule has 0 bridgehead atoms. The zero-order valence-electron chi connectivity index (χ0n) is 13.0. The fourth-order valence-electron chi connectivity index (χ4n) is 1.58. The minimum absolute atomic E-state index is 0.122. The number of rotatable bonds is 6. The van der Waals surface area contributed by atoms with Crippen molar-refractivity contribution in [3.05, 3.63) is 10.4 Å². The van der Waals surface area contributed by atoms with Gasteiger partial charge in [0.05, 0.1) is 6.61 Å². The van der Waals surface area contributed by atoms with E-state index < -0.39 is 17.3 Å². The first-order valence-corrected chi connectivity index (χ1v) is 7.51. The number of thioether (sulfide) groups is 1. The lowest BCUT2D eigenvalue weighted by molar-refractivity contribution is -0.161. The van der Waals surface area contributed by atoms with Gasteiger partial charge < -0.3 is 4.74 Å². The van der Waals surface area contributed by atoms with Crippen LogP contribution in [-0.4, -0.2) is 29.0 Å². The lowest BCUT2D eigenvalue weighted by Gasteiger charge is -2.34. The maximum absolute atomic E-state index is 12.3. The summed E-state index contributed by atoms with van der Waals surface area (Å²) in [5.41, 5.74) is 7.07. The highest BCUT2D eigenvalue weighted by Gasteiger charge is 2.50. The Labute approximate surface area is 124 Å². The Bertz CT molecular complexity index is 412. The molecule has 6 nitrogen and oxygen atoms in total. The molecule has 0 aromatic carbocycles. The van der Waals surface area contributed by atoms with Crippen LogP contribution in [0.1, 0.15) is 41.5 Å². The standard InChI is InChI=1S/C13H23N3O3S/c1-7-19-11(18)13(9(2)3,10(17)15-16-14)8-20-12(4,5)6/h9H,7-8H2,1-6H3/t13-/m1/s1. The van der Waals surface area contributed by atoms with E-state index >= 15 is 0 Å². The average Bonchev–Trinajstić information content (AvgIpc) is 2.28. The van der Waals surface area contributed by atoms with E-state index in [9.17, 15) is 9.59 Å². The summed E-state index contributed by atoms with van der Waals surface area (Å²) in [6.45, 7) is 11.3. The maximum Gasteiger partial charge on any atom is 0.320 e. The first-order valence-electron chi connectivity index (χ1n) is 6.52. The quantitative estimate of drug-likeness (QED) is 0.246. The number of esters is 1. The van der Waals surface area contributed by atoms with E-state index in [0.29, 0.717) is 0 Å². The third kappa shape index (κ3) is 4.72. The van der Waals surface area contributed by atoms with Crippen molar-refractivity contribution in [1.82, 2.24) is 0 Å². The van der Waals surface area contributed by atoms with E-state index in [1.54, 1.807) is 20.8 Å². The molecular formula is C13H23N3O3S. The number of amides is 1. The fraction of sp³-hybridized carbons (Fsp3) is 0.846. The molecule has 0 aliphatic rings. The topological polar surface area (TPSA) is 92.1 Å². The van der Waals surface area contributed by atoms with Gasteiger partial charge in [-0.3, -0.25) is 9.59 Å². The number of azide groups is 1. The van der Waals surface area contributed by atoms with Gasteiger partial charge in [0.15, 0.2) is 0 Å². The molecule has 0 aromatic heterocycles. The van der Waals surface area contributed by atoms with Gasteiger partial charge in [-0.2, -0.15) is 11.8 Å². The molecule has 0 aliphatic carbocycles. The Hall–Kier alpha value is -1.20. The van der Waals surface area contributed by atoms with E-state index in [4.69, 9.17) is 10.3 Å². The summed E-state index contributed by atoms with van der Waals surface area (Å²) in [5.74, 6) is -1.49. The van der Waals surface area contributed by atoms with Gasteiger partial charge >= 0.3 is 5.97 Å². The summed E-state index contributed by atoms with van der Waals surface area (Å²) >= 11 is 1.47. The Morgan fingerprint density at radius 2 is 1.90 bits per heavy atom. The highest BCUT2D eigenvalue weighted by Crippen LogP contribution is 2.39. The predicted octanol–water partition coefficient (Wildman–Crippen LogP) is 3.56. The Kier molecular flexibility index (Phi) is 7.09. The smallest absolute Gasteiger partial charge is 0.320 e. The molecule has 0 aromatic rings. The van der Waals surface area contributed by atoms with Crippen LogP contribution in [0.3, 0.4) is 0 Å². The van der Waals surface area contributed by atoms with E-state index in [1.807, 2.05) is 20.8 Å². The molecule has 114 valence electrons. The molecule has 1 atom stereocenters. The Morgan fingerprint density at radius 1 is 1.35 bits per heavy atom. The highest BCUT2D eigenvalue weighted by molar-refractivity contribution is 8.00. The molecule has 0 N–H and O–H groups in total. The molecule has 0 saturated carbocycles. The van der Waals surface area contributed by atoms with Crippen LogP contribution in [0, 0.1) is 11.3 Å². The molecule has 0 radical (unpaired) electrons. The predicted molar refractivity (Wildman–Crippen MR) is 80.3 cm³/mol. The average molecular weight is 301 g/mol. The molecular weight excluding hydrogens is 278 g/mol. The molecule has 0 saturated heterocycles. The molecule has 0 aliphatic heterocycles. The van der Waals surface area contributed by atoms with Gasteiger partial charge in [-0.05, 0) is 23.5 Å². The SMILES string of the molecule is CCOC(=O)[C@@](CSC(C)(C)C)(C(=O)N=[N+]=[N-])C(C)C. The van der Waals surface area contributed by atoms with Crippen LogP contribution in [0.5, 0.6) is 0 Å². The fourth-order valence-corrected chi connectivity index (χ4v) is 2.81. The highest BCUT2D eigenvalue weighted by atomic mass is 32.2. The lowest BCUT2D eigenvalue weighted by Crippen LogP contribution is -2.47. The molecule has 0 unspecified atom stereocenters. The minimum Gasteiger partial charge on any atom is -0.465 e. The Balaban J connectivity index is 5.62. The molecule has 0 spiro atoms. The summed E-state index contributed by atoms with van der Waals surface area (Å²) in [6, 6.07) is 0. The summed E-state index contributed by atoms with van der Waals surface area (Å²) < 4.78 is 4.92. The summed E-state index contributed by atoms with van der Waals surface area (Å²) in [4.78, 5) is 27.0. The second kappa shape index (κ2) is 7.55. The molecule has 20 heavy (non-hydrogen) atoms. The second-order valence-electron chi connectivity index (χ2n) is 5.74. The number of nitrogens with zero attached hydrogens (tertiary/aromatic N) is 3. The Morgan fingerprint density at radius 3 is 2.25 bits per heavy atom. The lowest BCUT2D eigenvalue weighted by atomic mass is 9.78. The van der Waals surface area contributed by atoms with Crippen LogP contribution in [0.4, 0.5) is 0 Å². The van der Waals surface area contributed by atoms with Crippen LogP contribution < -0.4 is 0 Å². The zero-order valence-corrected chi connectivity index (χ0v) is 13.8. The van der Waals surface area contributed by atoms with Crippen LogP contribution in [0.25, 0.3) is 10.4 Å². The summed E-state index contributed by atoms with van der Waals surface area (Å²) in [5, 5.41) is 3.15. The number of carbonyl (C=O) groups is 2. The van der Waals surface area contributed by atoms with Gasteiger partial charge in [-0.25, -0.2) is 0 Å². The van der Waals surface area contributed by atoms with Crippen molar-refractivity contribution < 1.29 is 14.3 Å². The van der Waals surface area contributed by atoms with Crippen molar-refractivity contribution in [1.29, 1.82) is 0 Å². The van der Waals surface area contributed by atoms with Crippen LogP contribution in [0.15, 0.2) is 5.11 Å². The van der Waals surface area contributed by atoms with E-state index in [-0.39, 0.29) is 23.0 Å². The van der Waals surface area contributed by atoms with Gasteiger partial charge in [-0.1, -0.05) is 34.6 Å². The van der Waals surface area contributed by atoms with Crippen molar-refractivity contribution in [3.63, 3.8) is 0 Å². The second-order valence-corrected chi connectivity index (χ2v) is 7.54. The summed E-state index contributed by atoms with van der Waals surface area (Å²) in [6.07, 6.45) is 0. The minimum atomic E-state index is -1.43. The van der Waals surface area contributed by atoms with Gasteiger partial charge in [-0.15, -0.1) is 0 Å². The van der Waals surface area contributed by atoms with Crippen molar-refractivity contribution in [2.45, 2.75) is 46.3 Å². The van der Waals surface area contributed by atoms with Crippen LogP contribution in [0.2, 0.25) is 0 Å². The molecule has 0 fully saturated rings. The normalized spacial score (nSPS) is 14.3. The van der Waals surface area contributed by atoms with Crippen LogP contribution in [-0.2, 0) is 14.3 Å². The zero-order chi connectivity index (χ0) is 16.0. The van der Waals surface area contributed by atoms with Crippen molar-refractivity contribution in [3.8, 4) is 0 Å². The first kappa shape index (κ1) is 18.8. The maximum atomic E-state index is 12.3. The van der Waals surface area contributed by atoms with Gasteiger partial charge in [0.2, 0.25) is 5.91 Å².